The minimum Gasteiger partial charge on any atom is -0.398 e. The van der Waals surface area contributed by atoms with Crippen molar-refractivity contribution in [1.82, 2.24) is 19.7 Å². The number of aryl methyl sites for hydroxylation is 1. The van der Waals surface area contributed by atoms with E-state index in [1.807, 2.05) is 31.3 Å². The van der Waals surface area contributed by atoms with Crippen LogP contribution in [0, 0.1) is 0 Å². The van der Waals surface area contributed by atoms with Gasteiger partial charge in [0.25, 0.3) is 0 Å². The minimum atomic E-state index is 0.741. The van der Waals surface area contributed by atoms with Crippen molar-refractivity contribution in [2.24, 2.45) is 7.05 Å². The number of pyridine rings is 1. The molecule has 0 aliphatic rings. The van der Waals surface area contributed by atoms with Crippen LogP contribution in [0.3, 0.4) is 0 Å². The number of hydrogen-bond acceptors (Lipinski definition) is 5. The Kier molecular flexibility index (Phi) is 3.20. The second-order valence-electron chi connectivity index (χ2n) is 4.61. The van der Waals surface area contributed by atoms with Crippen molar-refractivity contribution in [1.29, 1.82) is 0 Å². The number of fused-ring (bicyclic) bond motifs is 1. The molecule has 0 radical (unpaired) electrons. The zero-order chi connectivity index (χ0) is 13.9. The summed E-state index contributed by atoms with van der Waals surface area (Å²) < 4.78 is 1.70. The molecule has 3 N–H and O–H groups in total. The van der Waals surface area contributed by atoms with E-state index in [9.17, 15) is 0 Å². The third-order valence-electron chi connectivity index (χ3n) is 3.11. The van der Waals surface area contributed by atoms with Gasteiger partial charge >= 0.3 is 0 Å². The molecule has 0 unspecified atom stereocenters. The van der Waals surface area contributed by atoms with Crippen LogP contribution in [0.15, 0.2) is 36.8 Å². The number of nitrogens with zero attached hydrogens (tertiary/aromatic N) is 4. The largest absolute Gasteiger partial charge is 0.398 e. The number of aromatic nitrogens is 4. The van der Waals surface area contributed by atoms with E-state index in [0.29, 0.717) is 0 Å². The molecular weight excluding hydrogens is 252 g/mol. The molecule has 1 aromatic carbocycles. The maximum atomic E-state index is 5.96. The lowest BCUT2D eigenvalue weighted by Gasteiger charge is -2.09. The van der Waals surface area contributed by atoms with E-state index < -0.39 is 0 Å². The smallest absolute Gasteiger partial charge is 0.152 e. The van der Waals surface area contributed by atoms with Gasteiger partial charge in [-0.1, -0.05) is 0 Å². The van der Waals surface area contributed by atoms with Crippen molar-refractivity contribution in [3.8, 4) is 0 Å². The summed E-state index contributed by atoms with van der Waals surface area (Å²) in [7, 11) is 1.86. The van der Waals surface area contributed by atoms with Crippen LogP contribution in [-0.2, 0) is 13.5 Å². The second kappa shape index (κ2) is 5.16. The van der Waals surface area contributed by atoms with Gasteiger partial charge in [0.15, 0.2) is 5.82 Å². The first-order chi connectivity index (χ1) is 9.74. The molecule has 0 aliphatic heterocycles. The maximum Gasteiger partial charge on any atom is 0.152 e. The SMILES string of the molecule is Cn1cnc(CCNc2ccc(N)c3cccnc23)n1. The van der Waals surface area contributed by atoms with Crippen LogP contribution in [0.25, 0.3) is 10.9 Å². The zero-order valence-electron chi connectivity index (χ0n) is 11.2. The molecule has 102 valence electrons. The number of hydrogen-bond donors (Lipinski definition) is 2. The zero-order valence-corrected chi connectivity index (χ0v) is 11.2. The van der Waals surface area contributed by atoms with Crippen molar-refractivity contribution >= 4 is 22.3 Å². The summed E-state index contributed by atoms with van der Waals surface area (Å²) in [6, 6.07) is 7.71. The highest BCUT2D eigenvalue weighted by molar-refractivity contribution is 5.98. The van der Waals surface area contributed by atoms with Crippen molar-refractivity contribution < 1.29 is 0 Å². The summed E-state index contributed by atoms with van der Waals surface area (Å²) in [6.07, 6.45) is 4.24. The monoisotopic (exact) mass is 268 g/mol. The maximum absolute atomic E-state index is 5.96. The van der Waals surface area contributed by atoms with Gasteiger partial charge in [-0.25, -0.2) is 4.98 Å². The lowest BCUT2D eigenvalue weighted by atomic mass is 10.1. The normalized spacial score (nSPS) is 10.8. The summed E-state index contributed by atoms with van der Waals surface area (Å²) in [4.78, 5) is 8.59. The van der Waals surface area contributed by atoms with Gasteiger partial charge in [0.2, 0.25) is 0 Å². The molecule has 0 atom stereocenters. The predicted molar refractivity (Wildman–Crippen MR) is 79.4 cm³/mol. The number of anilines is 2. The van der Waals surface area contributed by atoms with Crippen LogP contribution in [0.1, 0.15) is 5.82 Å². The number of nitrogen functional groups attached to an aromatic ring is 1. The van der Waals surface area contributed by atoms with Crippen molar-refractivity contribution in [2.75, 3.05) is 17.6 Å². The van der Waals surface area contributed by atoms with Gasteiger partial charge in [0.05, 0.1) is 11.2 Å². The average Bonchev–Trinajstić information content (AvgIpc) is 2.87. The number of nitrogens with two attached hydrogens (primary N) is 1. The summed E-state index contributed by atoms with van der Waals surface area (Å²) in [5.41, 5.74) is 8.57. The van der Waals surface area contributed by atoms with Crippen molar-refractivity contribution in [3.05, 3.63) is 42.6 Å². The fourth-order valence-electron chi connectivity index (χ4n) is 2.14. The summed E-state index contributed by atoms with van der Waals surface area (Å²) in [5.74, 6) is 0.827. The highest BCUT2D eigenvalue weighted by atomic mass is 15.3. The Hall–Kier alpha value is -2.63. The van der Waals surface area contributed by atoms with Crippen molar-refractivity contribution in [2.45, 2.75) is 6.42 Å². The van der Waals surface area contributed by atoms with Gasteiger partial charge < -0.3 is 11.1 Å². The summed E-state index contributed by atoms with van der Waals surface area (Å²) >= 11 is 0. The van der Waals surface area contributed by atoms with E-state index in [1.165, 1.54) is 0 Å². The fourth-order valence-corrected chi connectivity index (χ4v) is 2.14. The molecule has 0 amide bonds. The Morgan fingerprint density at radius 2 is 2.15 bits per heavy atom. The van der Waals surface area contributed by atoms with E-state index in [2.05, 4.69) is 20.4 Å². The van der Waals surface area contributed by atoms with Gasteiger partial charge in [-0.15, -0.1) is 0 Å². The third kappa shape index (κ3) is 2.40. The molecule has 0 aliphatic carbocycles. The Balaban J connectivity index is 1.76. The Labute approximate surface area is 116 Å². The van der Waals surface area contributed by atoms with Crippen LogP contribution >= 0.6 is 0 Å². The van der Waals surface area contributed by atoms with Crippen LogP contribution < -0.4 is 11.1 Å². The molecule has 0 saturated heterocycles. The average molecular weight is 268 g/mol. The highest BCUT2D eigenvalue weighted by Gasteiger charge is 2.05. The van der Waals surface area contributed by atoms with Crippen molar-refractivity contribution in [3.63, 3.8) is 0 Å². The molecule has 3 rings (SSSR count). The van der Waals surface area contributed by atoms with Gasteiger partial charge in [-0.3, -0.25) is 9.67 Å². The molecule has 2 heterocycles. The van der Waals surface area contributed by atoms with Crippen LogP contribution in [0.2, 0.25) is 0 Å². The molecule has 0 bridgehead atoms. The van der Waals surface area contributed by atoms with Gasteiger partial charge in [0.1, 0.15) is 6.33 Å². The molecule has 6 heteroatoms. The number of rotatable bonds is 4. The molecule has 6 nitrogen and oxygen atoms in total. The Morgan fingerprint density at radius 1 is 1.25 bits per heavy atom. The fraction of sp³-hybridized carbons (Fsp3) is 0.214. The number of benzene rings is 1. The van der Waals surface area contributed by atoms with E-state index in [-0.39, 0.29) is 0 Å². The first-order valence-electron chi connectivity index (χ1n) is 6.45. The van der Waals surface area contributed by atoms with E-state index >= 15 is 0 Å². The first-order valence-corrected chi connectivity index (χ1v) is 6.45. The lowest BCUT2D eigenvalue weighted by molar-refractivity contribution is 0.742. The topological polar surface area (TPSA) is 81.7 Å². The molecule has 0 saturated carbocycles. The third-order valence-corrected chi connectivity index (χ3v) is 3.11. The summed E-state index contributed by atoms with van der Waals surface area (Å²) in [5, 5.41) is 8.58. The Morgan fingerprint density at radius 3 is 2.95 bits per heavy atom. The Bertz CT molecular complexity index is 733. The van der Waals surface area contributed by atoms with E-state index in [0.717, 1.165) is 41.1 Å². The van der Waals surface area contributed by atoms with Gasteiger partial charge in [-0.05, 0) is 24.3 Å². The quantitative estimate of drug-likeness (QED) is 0.702. The molecular formula is C14H16N6. The first kappa shape index (κ1) is 12.4. The van der Waals surface area contributed by atoms with Crippen LogP contribution in [0.4, 0.5) is 11.4 Å². The number of nitrogens with one attached hydrogen (secondary N) is 1. The van der Waals surface area contributed by atoms with E-state index in [4.69, 9.17) is 5.73 Å². The minimum absolute atomic E-state index is 0.741. The highest BCUT2D eigenvalue weighted by Crippen LogP contribution is 2.25. The van der Waals surface area contributed by atoms with Gasteiger partial charge in [-0.2, -0.15) is 5.10 Å². The van der Waals surface area contributed by atoms with Crippen LogP contribution in [0.5, 0.6) is 0 Å². The van der Waals surface area contributed by atoms with Gasteiger partial charge in [0, 0.05) is 37.3 Å². The molecule has 2 aromatic heterocycles. The molecule has 0 spiro atoms. The standard InChI is InChI=1S/C14H16N6/c1-20-9-18-13(19-20)6-8-16-12-5-4-11(15)10-3-2-7-17-14(10)12/h2-5,7,9,16H,6,8,15H2,1H3. The second-order valence-corrected chi connectivity index (χ2v) is 4.61. The lowest BCUT2D eigenvalue weighted by Crippen LogP contribution is -2.07. The van der Waals surface area contributed by atoms with Crippen LogP contribution in [-0.4, -0.2) is 26.3 Å². The predicted octanol–water partition coefficient (Wildman–Crippen LogP) is 1.60. The summed E-state index contributed by atoms with van der Waals surface area (Å²) in [6.45, 7) is 0.750. The molecule has 0 fully saturated rings. The van der Waals surface area contributed by atoms with E-state index in [1.54, 1.807) is 17.2 Å². The molecule has 20 heavy (non-hydrogen) atoms. The molecule has 3 aromatic rings.